The first-order chi connectivity index (χ1) is 26.6. The number of Topliss-reactive ketones (excluding diaryl/α,β-unsaturated/α-hetero) is 1. The summed E-state index contributed by atoms with van der Waals surface area (Å²) >= 11 is 0. The number of hydrogen-bond acceptors (Lipinski definition) is 6. The Morgan fingerprint density at radius 2 is 1.05 bits per heavy atom. The van der Waals surface area contributed by atoms with Crippen LogP contribution in [0, 0.1) is 0 Å². The first-order valence-electron chi connectivity index (χ1n) is 19.5. The van der Waals surface area contributed by atoms with Crippen LogP contribution in [0.15, 0.2) is 152 Å². The maximum atomic E-state index is 14.9. The van der Waals surface area contributed by atoms with Crippen molar-refractivity contribution in [3.63, 3.8) is 0 Å². The van der Waals surface area contributed by atoms with Gasteiger partial charge in [0.25, 0.3) is 0 Å². The van der Waals surface area contributed by atoms with Gasteiger partial charge in [-0.1, -0.05) is 152 Å². The second kappa shape index (κ2) is 18.5. The molecule has 1 fully saturated rings. The molecule has 0 spiro atoms. The molecule has 0 saturated carbocycles. The van der Waals surface area contributed by atoms with Crippen LogP contribution in [0.3, 0.4) is 0 Å². The van der Waals surface area contributed by atoms with Crippen LogP contribution >= 0.6 is 0 Å². The number of carbonyl (C=O) groups excluding carboxylic acids is 2. The van der Waals surface area contributed by atoms with Gasteiger partial charge >= 0.3 is 6.09 Å². The van der Waals surface area contributed by atoms with Crippen LogP contribution in [-0.4, -0.2) is 63.1 Å². The van der Waals surface area contributed by atoms with E-state index in [2.05, 4.69) is 82.6 Å². The highest BCUT2D eigenvalue weighted by atomic mass is 16.6. The Kier molecular flexibility index (Phi) is 13.3. The van der Waals surface area contributed by atoms with Gasteiger partial charge in [-0.05, 0) is 69.3 Å². The number of hydrogen-bond donors (Lipinski definition) is 0. The van der Waals surface area contributed by atoms with Crippen LogP contribution in [0.1, 0.15) is 73.1 Å². The number of ether oxygens (including phenoxy) is 2. The maximum absolute atomic E-state index is 14.9. The summed E-state index contributed by atoms with van der Waals surface area (Å²) < 4.78 is 12.7. The molecule has 0 aliphatic carbocycles. The Bertz CT molecular complexity index is 1820. The monoisotopic (exact) mass is 737 g/mol. The second-order valence-corrected chi connectivity index (χ2v) is 15.7. The van der Waals surface area contributed by atoms with Crippen molar-refractivity contribution in [2.75, 3.05) is 13.2 Å². The Balaban J connectivity index is 1.38. The van der Waals surface area contributed by atoms with Crippen LogP contribution in [0.2, 0.25) is 0 Å². The molecule has 0 N–H and O–H groups in total. The van der Waals surface area contributed by atoms with Crippen molar-refractivity contribution in [2.45, 2.75) is 90.1 Å². The Morgan fingerprint density at radius 1 is 0.636 bits per heavy atom. The second-order valence-electron chi connectivity index (χ2n) is 15.7. The molecule has 55 heavy (non-hydrogen) atoms. The molecule has 0 unspecified atom stereocenters. The highest BCUT2D eigenvalue weighted by molar-refractivity contribution is 6.01. The zero-order chi connectivity index (χ0) is 38.7. The van der Waals surface area contributed by atoms with Crippen molar-refractivity contribution in [1.29, 1.82) is 0 Å². The highest BCUT2D eigenvalue weighted by Crippen LogP contribution is 2.36. The molecule has 7 nitrogen and oxygen atoms in total. The molecular weight excluding hydrogens is 683 g/mol. The standard InChI is InChI=1S/C48H55N3O4/c1-47(2)37-54-48(3,4)51(47)46(53)55-45(44(52)42-29-18-9-19-30-42)43(50(35-40-25-14-7-15-26-40)36-41-27-16-8-17-28-41)31-20-32-49(33-38-21-10-5-11-22-38)34-39-23-12-6-13-24-39/h5-19,21-30,43,45H,20,31-37H2,1-4H3/t43-,45+/m0/s1. The van der Waals surface area contributed by atoms with E-state index in [1.165, 1.54) is 11.1 Å². The summed E-state index contributed by atoms with van der Waals surface area (Å²) in [7, 11) is 0. The van der Waals surface area contributed by atoms with Crippen molar-refractivity contribution in [2.24, 2.45) is 0 Å². The molecule has 1 heterocycles. The summed E-state index contributed by atoms with van der Waals surface area (Å²) in [5.74, 6) is -0.216. The number of nitrogens with zero attached hydrogens (tertiary/aromatic N) is 3. The van der Waals surface area contributed by atoms with Gasteiger partial charge in [0.2, 0.25) is 5.78 Å². The number of benzene rings is 5. The van der Waals surface area contributed by atoms with Gasteiger partial charge in [0.15, 0.2) is 6.10 Å². The van der Waals surface area contributed by atoms with E-state index in [-0.39, 0.29) is 5.78 Å². The number of rotatable bonds is 17. The number of carbonyl (C=O) groups is 2. The molecule has 5 aromatic rings. The summed E-state index contributed by atoms with van der Waals surface area (Å²) in [6.45, 7) is 11.6. The zero-order valence-electron chi connectivity index (χ0n) is 32.7. The molecule has 1 aliphatic rings. The van der Waals surface area contributed by atoms with Crippen LogP contribution in [0.5, 0.6) is 0 Å². The van der Waals surface area contributed by atoms with E-state index >= 15 is 0 Å². The fourth-order valence-corrected chi connectivity index (χ4v) is 7.79. The average molecular weight is 738 g/mol. The van der Waals surface area contributed by atoms with E-state index in [9.17, 15) is 9.59 Å². The minimum absolute atomic E-state index is 0.216. The lowest BCUT2D eigenvalue weighted by atomic mass is 9.94. The summed E-state index contributed by atoms with van der Waals surface area (Å²) in [6.07, 6.45) is -0.267. The molecule has 7 heteroatoms. The molecule has 1 saturated heterocycles. The van der Waals surface area contributed by atoms with Crippen molar-refractivity contribution < 1.29 is 19.1 Å². The minimum atomic E-state index is -1.09. The third-order valence-electron chi connectivity index (χ3n) is 10.4. The first-order valence-corrected chi connectivity index (χ1v) is 19.5. The lowest BCUT2D eigenvalue weighted by Gasteiger charge is -2.40. The van der Waals surface area contributed by atoms with Gasteiger partial charge in [-0.15, -0.1) is 0 Å². The molecule has 1 aliphatic heterocycles. The van der Waals surface area contributed by atoms with E-state index in [0.29, 0.717) is 31.7 Å². The predicted molar refractivity (Wildman–Crippen MR) is 219 cm³/mol. The van der Waals surface area contributed by atoms with Crippen molar-refractivity contribution in [3.05, 3.63) is 179 Å². The van der Waals surface area contributed by atoms with Crippen molar-refractivity contribution in [1.82, 2.24) is 14.7 Å². The SMILES string of the molecule is CC1(C)COC(C)(C)N1C(=O)O[C@@H](C(=O)c1ccccc1)[C@H](CCCN(Cc1ccccc1)Cc1ccccc1)N(Cc1ccccc1)Cc1ccccc1. The summed E-state index contributed by atoms with van der Waals surface area (Å²) in [6, 6.07) is 50.5. The van der Waals surface area contributed by atoms with E-state index < -0.39 is 29.5 Å². The normalized spacial score (nSPS) is 15.9. The van der Waals surface area contributed by atoms with Gasteiger partial charge < -0.3 is 9.47 Å². The van der Waals surface area contributed by atoms with E-state index in [1.54, 1.807) is 4.90 Å². The Hall–Kier alpha value is -5.08. The van der Waals surface area contributed by atoms with Gasteiger partial charge in [-0.25, -0.2) is 4.79 Å². The van der Waals surface area contributed by atoms with Gasteiger partial charge in [0.1, 0.15) is 5.72 Å². The van der Waals surface area contributed by atoms with Crippen molar-refractivity contribution in [3.8, 4) is 0 Å². The smallest absolute Gasteiger partial charge is 0.413 e. The van der Waals surface area contributed by atoms with Gasteiger partial charge in [-0.3, -0.25) is 19.5 Å². The van der Waals surface area contributed by atoms with Gasteiger partial charge in [-0.2, -0.15) is 0 Å². The topological polar surface area (TPSA) is 62.3 Å². The van der Waals surface area contributed by atoms with E-state index in [4.69, 9.17) is 9.47 Å². The Morgan fingerprint density at radius 3 is 1.47 bits per heavy atom. The molecule has 1 amide bonds. The highest BCUT2D eigenvalue weighted by Gasteiger charge is 2.51. The molecule has 0 bridgehead atoms. The number of amides is 1. The van der Waals surface area contributed by atoms with Crippen LogP contribution in [-0.2, 0) is 35.7 Å². The predicted octanol–water partition coefficient (Wildman–Crippen LogP) is 9.77. The van der Waals surface area contributed by atoms with Crippen LogP contribution in [0.25, 0.3) is 0 Å². The third-order valence-corrected chi connectivity index (χ3v) is 10.4. The van der Waals surface area contributed by atoms with E-state index in [0.717, 1.165) is 37.2 Å². The molecule has 286 valence electrons. The minimum Gasteiger partial charge on any atom is -0.436 e. The maximum Gasteiger partial charge on any atom is 0.413 e. The summed E-state index contributed by atoms with van der Waals surface area (Å²) in [5.41, 5.74) is 3.70. The molecule has 5 aromatic carbocycles. The summed E-state index contributed by atoms with van der Waals surface area (Å²) in [5, 5.41) is 0. The van der Waals surface area contributed by atoms with E-state index in [1.807, 2.05) is 107 Å². The first kappa shape index (κ1) is 39.6. The lowest BCUT2D eigenvalue weighted by Crippen LogP contribution is -2.56. The van der Waals surface area contributed by atoms with Gasteiger partial charge in [0, 0.05) is 31.7 Å². The van der Waals surface area contributed by atoms with Crippen LogP contribution < -0.4 is 0 Å². The molecule has 0 aromatic heterocycles. The quantitative estimate of drug-likeness (QED) is 0.0886. The van der Waals surface area contributed by atoms with Gasteiger partial charge in [0.05, 0.1) is 18.2 Å². The zero-order valence-corrected chi connectivity index (χ0v) is 32.7. The summed E-state index contributed by atoms with van der Waals surface area (Å²) in [4.78, 5) is 35.8. The molecular formula is C48H55N3O4. The molecule has 6 rings (SSSR count). The largest absolute Gasteiger partial charge is 0.436 e. The fraction of sp³-hybridized carbons (Fsp3) is 0.333. The lowest BCUT2D eigenvalue weighted by molar-refractivity contribution is -0.0641. The number of ketones is 1. The fourth-order valence-electron chi connectivity index (χ4n) is 7.79. The molecule has 0 radical (unpaired) electrons. The van der Waals surface area contributed by atoms with Crippen LogP contribution in [0.4, 0.5) is 4.79 Å². The third kappa shape index (κ3) is 10.8. The van der Waals surface area contributed by atoms with Crippen molar-refractivity contribution >= 4 is 11.9 Å². The Labute approximate surface area is 327 Å². The molecule has 2 atom stereocenters. The average Bonchev–Trinajstić information content (AvgIpc) is 3.43.